The quantitative estimate of drug-likeness (QED) is 0.863. The standard InChI is InChI=1S/C18H17FN2O2/c19-16-8-4-3-6-14(16)11-20-17(22)18(23)21-10-9-13-5-1-2-7-15(13)12-21/h1-8H,9-12H2,(H,20,22). The van der Waals surface area contributed by atoms with Crippen LogP contribution in [0.5, 0.6) is 0 Å². The molecule has 2 aromatic carbocycles. The molecule has 0 aromatic heterocycles. The molecule has 2 aromatic rings. The Kier molecular flexibility index (Phi) is 4.37. The molecule has 1 aliphatic heterocycles. The molecule has 1 aliphatic rings. The summed E-state index contributed by atoms with van der Waals surface area (Å²) >= 11 is 0. The predicted molar refractivity (Wildman–Crippen MR) is 83.8 cm³/mol. The van der Waals surface area contributed by atoms with Gasteiger partial charge in [0, 0.05) is 25.2 Å². The Balaban J connectivity index is 1.60. The summed E-state index contributed by atoms with van der Waals surface area (Å²) in [6, 6.07) is 14.1. The number of hydrogen-bond donors (Lipinski definition) is 1. The maximum Gasteiger partial charge on any atom is 0.312 e. The lowest BCUT2D eigenvalue weighted by atomic mass is 10.00. The summed E-state index contributed by atoms with van der Waals surface area (Å²) in [5.74, 6) is -1.67. The van der Waals surface area contributed by atoms with E-state index in [0.717, 1.165) is 12.0 Å². The van der Waals surface area contributed by atoms with Gasteiger partial charge in [-0.05, 0) is 23.6 Å². The van der Waals surface area contributed by atoms with E-state index >= 15 is 0 Å². The van der Waals surface area contributed by atoms with Crippen LogP contribution in [0.4, 0.5) is 4.39 Å². The van der Waals surface area contributed by atoms with Gasteiger partial charge in [-0.15, -0.1) is 0 Å². The van der Waals surface area contributed by atoms with Crippen molar-refractivity contribution < 1.29 is 14.0 Å². The molecule has 0 atom stereocenters. The SMILES string of the molecule is O=C(NCc1ccccc1F)C(=O)N1CCc2ccccc2C1. The van der Waals surface area contributed by atoms with Gasteiger partial charge in [0.2, 0.25) is 0 Å². The van der Waals surface area contributed by atoms with E-state index in [9.17, 15) is 14.0 Å². The number of carbonyl (C=O) groups is 2. The van der Waals surface area contributed by atoms with Crippen molar-refractivity contribution in [1.29, 1.82) is 0 Å². The number of hydrogen-bond acceptors (Lipinski definition) is 2. The third kappa shape index (κ3) is 3.39. The minimum Gasteiger partial charge on any atom is -0.344 e. The van der Waals surface area contributed by atoms with Gasteiger partial charge >= 0.3 is 11.8 Å². The van der Waals surface area contributed by atoms with E-state index in [1.165, 1.54) is 16.5 Å². The molecular weight excluding hydrogens is 295 g/mol. The van der Waals surface area contributed by atoms with Gasteiger partial charge in [0.05, 0.1) is 0 Å². The van der Waals surface area contributed by atoms with Gasteiger partial charge in [-0.2, -0.15) is 0 Å². The number of halogens is 1. The van der Waals surface area contributed by atoms with Crippen LogP contribution in [-0.2, 0) is 29.1 Å². The topological polar surface area (TPSA) is 49.4 Å². The van der Waals surface area contributed by atoms with Crippen molar-refractivity contribution in [3.63, 3.8) is 0 Å². The van der Waals surface area contributed by atoms with E-state index < -0.39 is 17.6 Å². The Labute approximate surface area is 133 Å². The summed E-state index contributed by atoms with van der Waals surface area (Å²) < 4.78 is 13.5. The molecule has 0 fully saturated rings. The van der Waals surface area contributed by atoms with Crippen molar-refractivity contribution >= 4 is 11.8 Å². The number of rotatable bonds is 2. The van der Waals surface area contributed by atoms with Gasteiger partial charge in [0.15, 0.2) is 0 Å². The highest BCUT2D eigenvalue weighted by Crippen LogP contribution is 2.18. The highest BCUT2D eigenvalue weighted by molar-refractivity contribution is 6.34. The molecule has 4 nitrogen and oxygen atoms in total. The first kappa shape index (κ1) is 15.2. The molecule has 0 saturated heterocycles. The fraction of sp³-hybridized carbons (Fsp3) is 0.222. The van der Waals surface area contributed by atoms with E-state index in [2.05, 4.69) is 5.32 Å². The summed E-state index contributed by atoms with van der Waals surface area (Å²) in [4.78, 5) is 25.8. The lowest BCUT2D eigenvalue weighted by Gasteiger charge is -2.28. The summed E-state index contributed by atoms with van der Waals surface area (Å²) in [6.07, 6.45) is 0.739. The van der Waals surface area contributed by atoms with Gasteiger partial charge in [-0.25, -0.2) is 4.39 Å². The zero-order valence-corrected chi connectivity index (χ0v) is 12.6. The monoisotopic (exact) mass is 312 g/mol. The smallest absolute Gasteiger partial charge is 0.312 e. The predicted octanol–water partition coefficient (Wildman–Crippen LogP) is 2.03. The van der Waals surface area contributed by atoms with Crippen LogP contribution in [0.25, 0.3) is 0 Å². The van der Waals surface area contributed by atoms with Gasteiger partial charge in [-0.1, -0.05) is 42.5 Å². The highest BCUT2D eigenvalue weighted by Gasteiger charge is 2.25. The molecule has 0 unspecified atom stereocenters. The van der Waals surface area contributed by atoms with Crippen molar-refractivity contribution in [2.75, 3.05) is 6.54 Å². The molecule has 0 spiro atoms. The molecule has 0 bridgehead atoms. The minimum atomic E-state index is -0.701. The third-order valence-electron chi connectivity index (χ3n) is 4.01. The molecule has 23 heavy (non-hydrogen) atoms. The van der Waals surface area contributed by atoms with Crippen LogP contribution in [0, 0.1) is 5.82 Å². The lowest BCUT2D eigenvalue weighted by molar-refractivity contribution is -0.146. The molecule has 0 saturated carbocycles. The maximum absolute atomic E-state index is 13.5. The van der Waals surface area contributed by atoms with E-state index in [1.54, 1.807) is 18.2 Å². The first-order valence-corrected chi connectivity index (χ1v) is 7.52. The molecule has 3 rings (SSSR count). The van der Waals surface area contributed by atoms with Crippen LogP contribution in [0.1, 0.15) is 16.7 Å². The summed E-state index contributed by atoms with van der Waals surface area (Å²) in [6.45, 7) is 0.951. The second-order valence-corrected chi connectivity index (χ2v) is 5.52. The summed E-state index contributed by atoms with van der Waals surface area (Å²) in [7, 11) is 0. The lowest BCUT2D eigenvalue weighted by Crippen LogP contribution is -2.44. The zero-order valence-electron chi connectivity index (χ0n) is 12.6. The van der Waals surface area contributed by atoms with Crippen LogP contribution in [0.2, 0.25) is 0 Å². The maximum atomic E-state index is 13.5. The average Bonchev–Trinajstić information content (AvgIpc) is 2.59. The number of benzene rings is 2. The number of nitrogens with zero attached hydrogens (tertiary/aromatic N) is 1. The van der Waals surface area contributed by atoms with Crippen molar-refractivity contribution in [2.45, 2.75) is 19.5 Å². The second-order valence-electron chi connectivity index (χ2n) is 5.52. The summed E-state index contributed by atoms with van der Waals surface area (Å²) in [5, 5.41) is 2.49. The summed E-state index contributed by atoms with van der Waals surface area (Å²) in [5.41, 5.74) is 2.63. The van der Waals surface area contributed by atoms with Gasteiger partial charge < -0.3 is 10.2 Å². The Morgan fingerprint density at radius 1 is 1.04 bits per heavy atom. The van der Waals surface area contributed by atoms with E-state index in [-0.39, 0.29) is 6.54 Å². The average molecular weight is 312 g/mol. The molecular formula is C18H17FN2O2. The molecule has 5 heteroatoms. The molecule has 0 aliphatic carbocycles. The Morgan fingerprint density at radius 3 is 2.52 bits per heavy atom. The third-order valence-corrected chi connectivity index (χ3v) is 4.01. The Morgan fingerprint density at radius 2 is 1.74 bits per heavy atom. The van der Waals surface area contributed by atoms with Crippen LogP contribution >= 0.6 is 0 Å². The fourth-order valence-electron chi connectivity index (χ4n) is 2.71. The molecule has 0 radical (unpaired) electrons. The van der Waals surface area contributed by atoms with E-state index in [1.807, 2.05) is 24.3 Å². The Bertz CT molecular complexity index is 745. The number of amides is 2. The van der Waals surface area contributed by atoms with Crippen LogP contribution in [-0.4, -0.2) is 23.3 Å². The fourth-order valence-corrected chi connectivity index (χ4v) is 2.71. The van der Waals surface area contributed by atoms with Crippen molar-refractivity contribution in [1.82, 2.24) is 10.2 Å². The van der Waals surface area contributed by atoms with Crippen molar-refractivity contribution in [3.05, 3.63) is 71.0 Å². The zero-order chi connectivity index (χ0) is 16.2. The van der Waals surface area contributed by atoms with E-state index in [0.29, 0.717) is 18.7 Å². The molecule has 118 valence electrons. The normalized spacial score (nSPS) is 13.3. The van der Waals surface area contributed by atoms with Crippen molar-refractivity contribution in [2.24, 2.45) is 0 Å². The Hall–Kier alpha value is -2.69. The second kappa shape index (κ2) is 6.60. The van der Waals surface area contributed by atoms with Gasteiger partial charge in [0.25, 0.3) is 0 Å². The first-order chi connectivity index (χ1) is 11.1. The molecule has 1 N–H and O–H groups in total. The van der Waals surface area contributed by atoms with Crippen LogP contribution < -0.4 is 5.32 Å². The minimum absolute atomic E-state index is 0.00166. The first-order valence-electron chi connectivity index (χ1n) is 7.52. The number of nitrogens with one attached hydrogen (secondary N) is 1. The van der Waals surface area contributed by atoms with Crippen molar-refractivity contribution in [3.8, 4) is 0 Å². The largest absolute Gasteiger partial charge is 0.344 e. The number of fused-ring (bicyclic) bond motifs is 1. The number of carbonyl (C=O) groups excluding carboxylic acids is 2. The van der Waals surface area contributed by atoms with Crippen LogP contribution in [0.15, 0.2) is 48.5 Å². The van der Waals surface area contributed by atoms with Gasteiger partial charge in [-0.3, -0.25) is 9.59 Å². The molecule has 2 amide bonds. The van der Waals surface area contributed by atoms with Gasteiger partial charge in [0.1, 0.15) is 5.82 Å². The molecule has 1 heterocycles. The van der Waals surface area contributed by atoms with E-state index in [4.69, 9.17) is 0 Å². The highest BCUT2D eigenvalue weighted by atomic mass is 19.1. The van der Waals surface area contributed by atoms with Crippen LogP contribution in [0.3, 0.4) is 0 Å².